The summed E-state index contributed by atoms with van der Waals surface area (Å²) in [5, 5.41) is 0. The van der Waals surface area contributed by atoms with Gasteiger partial charge in [0.25, 0.3) is 0 Å². The second-order valence-electron chi connectivity index (χ2n) is 8.09. The van der Waals surface area contributed by atoms with Crippen LogP contribution in [0.2, 0.25) is 0 Å². The maximum Gasteiger partial charge on any atom is 0.225 e. The van der Waals surface area contributed by atoms with E-state index < -0.39 is 0 Å². The van der Waals surface area contributed by atoms with Crippen LogP contribution in [-0.2, 0) is 4.79 Å². The Labute approximate surface area is 130 Å². The predicted octanol–water partition coefficient (Wildman–Crippen LogP) is 4.26. The average Bonchev–Trinajstić information content (AvgIpc) is 3.29. The van der Waals surface area contributed by atoms with Crippen molar-refractivity contribution < 1.29 is 4.79 Å². The molecule has 3 rings (SSSR count). The molecule has 2 nitrogen and oxygen atoms in total. The standard InChI is InChI=1S/C19H31NO/c1-12(2)20(19(21)15-6-7-15)11-16-10-18(16)17-8-5-13(3)9-14(17)4/h9,12,14-18H,5-8,10-11H2,1-4H3/t14?,16-,17?,18?/m1/s1. The summed E-state index contributed by atoms with van der Waals surface area (Å²) in [5.74, 6) is 4.04. The zero-order valence-electron chi connectivity index (χ0n) is 14.1. The van der Waals surface area contributed by atoms with Crippen LogP contribution in [0.15, 0.2) is 11.6 Å². The first kappa shape index (κ1) is 15.1. The Morgan fingerprint density at radius 2 is 2.00 bits per heavy atom. The third kappa shape index (κ3) is 3.35. The van der Waals surface area contributed by atoms with Gasteiger partial charge >= 0.3 is 0 Å². The molecule has 0 aliphatic heterocycles. The lowest BCUT2D eigenvalue weighted by Gasteiger charge is -2.30. The fourth-order valence-electron chi connectivity index (χ4n) is 4.29. The van der Waals surface area contributed by atoms with Gasteiger partial charge in [0.1, 0.15) is 0 Å². The molecule has 2 fully saturated rings. The monoisotopic (exact) mass is 289 g/mol. The summed E-state index contributed by atoms with van der Waals surface area (Å²) >= 11 is 0. The van der Waals surface area contributed by atoms with E-state index >= 15 is 0 Å². The van der Waals surface area contributed by atoms with Gasteiger partial charge in [-0.1, -0.05) is 18.6 Å². The molecule has 2 saturated carbocycles. The van der Waals surface area contributed by atoms with Crippen LogP contribution >= 0.6 is 0 Å². The Morgan fingerprint density at radius 3 is 2.57 bits per heavy atom. The Hall–Kier alpha value is -0.790. The Morgan fingerprint density at radius 1 is 1.29 bits per heavy atom. The fraction of sp³-hybridized carbons (Fsp3) is 0.842. The molecule has 0 aromatic carbocycles. The summed E-state index contributed by atoms with van der Waals surface area (Å²) in [6.45, 7) is 10.0. The van der Waals surface area contributed by atoms with Crippen LogP contribution in [0.3, 0.4) is 0 Å². The second-order valence-corrected chi connectivity index (χ2v) is 8.09. The summed E-state index contributed by atoms with van der Waals surface area (Å²) < 4.78 is 0. The predicted molar refractivity (Wildman–Crippen MR) is 86.8 cm³/mol. The minimum Gasteiger partial charge on any atom is -0.340 e. The van der Waals surface area contributed by atoms with E-state index in [1.165, 1.54) is 19.3 Å². The topological polar surface area (TPSA) is 20.3 Å². The minimum atomic E-state index is 0.365. The fourth-order valence-corrected chi connectivity index (χ4v) is 4.29. The van der Waals surface area contributed by atoms with Gasteiger partial charge in [-0.25, -0.2) is 0 Å². The van der Waals surface area contributed by atoms with Gasteiger partial charge in [0.2, 0.25) is 5.91 Å². The zero-order chi connectivity index (χ0) is 15.1. The molecule has 0 bridgehead atoms. The van der Waals surface area contributed by atoms with E-state index in [0.29, 0.717) is 17.9 Å². The van der Waals surface area contributed by atoms with Crippen molar-refractivity contribution in [3.8, 4) is 0 Å². The van der Waals surface area contributed by atoms with Gasteiger partial charge < -0.3 is 4.90 Å². The van der Waals surface area contributed by atoms with Crippen LogP contribution < -0.4 is 0 Å². The SMILES string of the molecule is CC1=CC(C)C(C2C[C@@H]2CN(C(=O)C2CC2)C(C)C)CC1. The van der Waals surface area contributed by atoms with Gasteiger partial charge in [0.15, 0.2) is 0 Å². The second kappa shape index (κ2) is 5.78. The molecule has 3 aliphatic carbocycles. The van der Waals surface area contributed by atoms with Crippen molar-refractivity contribution in [2.75, 3.05) is 6.54 Å². The molecule has 0 aromatic rings. The summed E-state index contributed by atoms with van der Waals surface area (Å²) in [6, 6.07) is 0.366. The third-order valence-electron chi connectivity index (χ3n) is 5.89. The summed E-state index contributed by atoms with van der Waals surface area (Å²) in [5.41, 5.74) is 1.57. The number of nitrogens with zero attached hydrogens (tertiary/aromatic N) is 1. The van der Waals surface area contributed by atoms with Crippen LogP contribution in [0.4, 0.5) is 0 Å². The molecule has 3 aliphatic rings. The molecule has 4 atom stereocenters. The number of carbonyl (C=O) groups excluding carboxylic acids is 1. The van der Waals surface area contributed by atoms with E-state index in [9.17, 15) is 4.79 Å². The van der Waals surface area contributed by atoms with Gasteiger partial charge in [0, 0.05) is 18.5 Å². The number of rotatable bonds is 5. The van der Waals surface area contributed by atoms with E-state index in [-0.39, 0.29) is 0 Å². The molecule has 0 N–H and O–H groups in total. The van der Waals surface area contributed by atoms with Crippen LogP contribution in [0.5, 0.6) is 0 Å². The van der Waals surface area contributed by atoms with Crippen molar-refractivity contribution in [1.29, 1.82) is 0 Å². The maximum atomic E-state index is 12.4. The van der Waals surface area contributed by atoms with Crippen molar-refractivity contribution in [2.24, 2.45) is 29.6 Å². The van der Waals surface area contributed by atoms with Crippen molar-refractivity contribution in [1.82, 2.24) is 4.90 Å². The smallest absolute Gasteiger partial charge is 0.225 e. The lowest BCUT2D eigenvalue weighted by molar-refractivity contribution is -0.134. The first-order valence-corrected chi connectivity index (χ1v) is 8.95. The van der Waals surface area contributed by atoms with E-state index in [2.05, 4.69) is 38.7 Å². The highest BCUT2D eigenvalue weighted by molar-refractivity contribution is 5.81. The lowest BCUT2D eigenvalue weighted by atomic mass is 9.78. The van der Waals surface area contributed by atoms with E-state index in [4.69, 9.17) is 0 Å². The number of carbonyl (C=O) groups is 1. The van der Waals surface area contributed by atoms with E-state index in [1.54, 1.807) is 5.57 Å². The summed E-state index contributed by atoms with van der Waals surface area (Å²) in [4.78, 5) is 14.6. The number of allylic oxidation sites excluding steroid dienone is 2. The van der Waals surface area contributed by atoms with E-state index in [1.807, 2.05) is 0 Å². The molecule has 0 saturated heterocycles. The molecule has 2 heteroatoms. The van der Waals surface area contributed by atoms with Crippen LogP contribution in [0.1, 0.15) is 59.8 Å². The molecule has 0 spiro atoms. The van der Waals surface area contributed by atoms with Crippen LogP contribution in [0, 0.1) is 29.6 Å². The van der Waals surface area contributed by atoms with Crippen LogP contribution in [0.25, 0.3) is 0 Å². The molecule has 21 heavy (non-hydrogen) atoms. The highest BCUT2D eigenvalue weighted by Crippen LogP contribution is 2.51. The Bertz CT molecular complexity index is 435. The first-order chi connectivity index (χ1) is 9.97. The van der Waals surface area contributed by atoms with Crippen LogP contribution in [-0.4, -0.2) is 23.4 Å². The molecule has 1 amide bonds. The highest BCUT2D eigenvalue weighted by Gasteiger charge is 2.47. The normalized spacial score (nSPS) is 35.6. The van der Waals surface area contributed by atoms with Crippen molar-refractivity contribution in [3.05, 3.63) is 11.6 Å². The average molecular weight is 289 g/mol. The van der Waals surface area contributed by atoms with Crippen molar-refractivity contribution in [2.45, 2.75) is 65.8 Å². The lowest BCUT2D eigenvalue weighted by Crippen LogP contribution is -2.40. The Balaban J connectivity index is 1.56. The zero-order valence-corrected chi connectivity index (χ0v) is 14.1. The van der Waals surface area contributed by atoms with Gasteiger partial charge in [-0.05, 0) is 76.5 Å². The number of hydrogen-bond acceptors (Lipinski definition) is 1. The van der Waals surface area contributed by atoms with Gasteiger partial charge in [-0.2, -0.15) is 0 Å². The van der Waals surface area contributed by atoms with Gasteiger partial charge in [0.05, 0.1) is 0 Å². The molecule has 118 valence electrons. The molecule has 3 unspecified atom stereocenters. The maximum absolute atomic E-state index is 12.4. The quantitative estimate of drug-likeness (QED) is 0.692. The molecular formula is C19H31NO. The Kier molecular flexibility index (Phi) is 4.16. The molecular weight excluding hydrogens is 258 g/mol. The minimum absolute atomic E-state index is 0.365. The molecule has 0 aromatic heterocycles. The molecule has 0 radical (unpaired) electrons. The van der Waals surface area contributed by atoms with Gasteiger partial charge in [-0.3, -0.25) is 4.79 Å². The largest absolute Gasteiger partial charge is 0.340 e. The number of amides is 1. The third-order valence-corrected chi connectivity index (χ3v) is 5.89. The van der Waals surface area contributed by atoms with E-state index in [0.717, 1.165) is 43.1 Å². The van der Waals surface area contributed by atoms with Crippen molar-refractivity contribution in [3.63, 3.8) is 0 Å². The molecule has 0 heterocycles. The number of hydrogen-bond donors (Lipinski definition) is 0. The van der Waals surface area contributed by atoms with Crippen molar-refractivity contribution >= 4 is 5.91 Å². The first-order valence-electron chi connectivity index (χ1n) is 8.95. The highest BCUT2D eigenvalue weighted by atomic mass is 16.2. The van der Waals surface area contributed by atoms with Gasteiger partial charge in [-0.15, -0.1) is 0 Å². The summed E-state index contributed by atoms with van der Waals surface area (Å²) in [7, 11) is 0. The summed E-state index contributed by atoms with van der Waals surface area (Å²) in [6.07, 6.45) is 8.73.